The second-order valence-corrected chi connectivity index (χ2v) is 4.89. The lowest BCUT2D eigenvalue weighted by Crippen LogP contribution is -1.95. The maximum absolute atomic E-state index is 5.95. The Morgan fingerprint density at radius 2 is 2.19 bits per heavy atom. The van der Waals surface area contributed by atoms with Gasteiger partial charge < -0.3 is 0 Å². The Morgan fingerprint density at radius 1 is 1.44 bits per heavy atom. The summed E-state index contributed by atoms with van der Waals surface area (Å²) in [5, 5.41) is 0.792. The van der Waals surface area contributed by atoms with Crippen molar-refractivity contribution in [2.24, 2.45) is 5.92 Å². The van der Waals surface area contributed by atoms with Gasteiger partial charge in [-0.05, 0) is 42.0 Å². The third-order valence-corrected chi connectivity index (χ3v) is 3.40. The molecule has 0 saturated carbocycles. The summed E-state index contributed by atoms with van der Waals surface area (Å²) in [5.41, 5.74) is 2.54. The average molecular weight is 237 g/mol. The van der Waals surface area contributed by atoms with E-state index >= 15 is 0 Å². The van der Waals surface area contributed by atoms with Crippen LogP contribution in [0.1, 0.15) is 44.2 Å². The van der Waals surface area contributed by atoms with E-state index in [0.717, 1.165) is 17.4 Å². The number of hydrogen-bond donors (Lipinski definition) is 0. The van der Waals surface area contributed by atoms with Crippen molar-refractivity contribution in [3.63, 3.8) is 0 Å². The van der Waals surface area contributed by atoms with Crippen molar-refractivity contribution in [1.29, 1.82) is 0 Å². The molecule has 0 aliphatic carbocycles. The van der Waals surface area contributed by atoms with E-state index in [9.17, 15) is 0 Å². The minimum absolute atomic E-state index is 0.792. The first-order valence-corrected chi connectivity index (χ1v) is 6.46. The molecule has 0 aromatic heterocycles. The number of benzene rings is 1. The monoisotopic (exact) mass is 236 g/mol. The highest BCUT2D eigenvalue weighted by atomic mass is 35.5. The highest BCUT2D eigenvalue weighted by molar-refractivity contribution is 6.30. The molecule has 0 nitrogen and oxygen atoms in total. The van der Waals surface area contributed by atoms with Crippen molar-refractivity contribution in [2.75, 3.05) is 0 Å². The van der Waals surface area contributed by atoms with Gasteiger partial charge in [-0.15, -0.1) is 0 Å². The first-order valence-electron chi connectivity index (χ1n) is 6.08. The summed E-state index contributed by atoms with van der Waals surface area (Å²) >= 11 is 5.95. The van der Waals surface area contributed by atoms with Crippen LogP contribution in [0.4, 0.5) is 0 Å². The Labute approximate surface area is 104 Å². The minimum atomic E-state index is 0.792. The van der Waals surface area contributed by atoms with Gasteiger partial charge in [-0.1, -0.05) is 57.0 Å². The van der Waals surface area contributed by atoms with Crippen LogP contribution in [0.3, 0.4) is 0 Å². The molecule has 16 heavy (non-hydrogen) atoms. The number of halogens is 1. The summed E-state index contributed by atoms with van der Waals surface area (Å²) in [6, 6.07) is 6.08. The van der Waals surface area contributed by atoms with Crippen LogP contribution in [-0.4, -0.2) is 0 Å². The largest absolute Gasteiger partial charge is 0.0985 e. The van der Waals surface area contributed by atoms with E-state index in [-0.39, 0.29) is 0 Å². The average Bonchev–Trinajstić information content (AvgIpc) is 2.30. The molecule has 88 valence electrons. The first kappa shape index (κ1) is 13.3. The second kappa shape index (κ2) is 6.75. The van der Waals surface area contributed by atoms with Gasteiger partial charge in [0, 0.05) is 5.02 Å². The van der Waals surface area contributed by atoms with Crippen molar-refractivity contribution in [2.45, 2.75) is 39.5 Å². The lowest BCUT2D eigenvalue weighted by molar-refractivity contribution is 0.495. The van der Waals surface area contributed by atoms with Gasteiger partial charge in [-0.2, -0.15) is 0 Å². The van der Waals surface area contributed by atoms with Gasteiger partial charge >= 0.3 is 0 Å². The Bertz CT molecular complexity index is 341. The molecule has 0 saturated heterocycles. The molecule has 0 spiro atoms. The van der Waals surface area contributed by atoms with E-state index < -0.39 is 0 Å². The van der Waals surface area contributed by atoms with Gasteiger partial charge in [0.25, 0.3) is 0 Å². The molecule has 0 aliphatic heterocycles. The van der Waals surface area contributed by atoms with Crippen molar-refractivity contribution < 1.29 is 0 Å². The summed E-state index contributed by atoms with van der Waals surface area (Å²) in [6.07, 6.45) is 6.84. The Morgan fingerprint density at radius 3 is 2.81 bits per heavy atom. The van der Waals surface area contributed by atoms with E-state index in [1.165, 1.54) is 30.4 Å². The van der Waals surface area contributed by atoms with Gasteiger partial charge in [0.05, 0.1) is 0 Å². The smallest absolute Gasteiger partial charge is 0.0412 e. The lowest BCUT2D eigenvalue weighted by atomic mass is 9.97. The second-order valence-electron chi connectivity index (χ2n) is 4.45. The van der Waals surface area contributed by atoms with Gasteiger partial charge in [0.2, 0.25) is 0 Å². The molecule has 1 aromatic rings. The van der Waals surface area contributed by atoms with Gasteiger partial charge in [-0.25, -0.2) is 0 Å². The predicted molar refractivity (Wildman–Crippen MR) is 73.9 cm³/mol. The van der Waals surface area contributed by atoms with Crippen LogP contribution in [0.5, 0.6) is 0 Å². The molecule has 1 heteroatoms. The SMILES string of the molecule is C=Cc1cc(Cl)ccc1CCC[C@@H](C)CC. The summed E-state index contributed by atoms with van der Waals surface area (Å²) < 4.78 is 0. The van der Waals surface area contributed by atoms with E-state index in [1.807, 2.05) is 18.2 Å². The fraction of sp³-hybridized carbons (Fsp3) is 0.467. The summed E-state index contributed by atoms with van der Waals surface area (Å²) in [7, 11) is 0. The molecular formula is C15H21Cl. The lowest BCUT2D eigenvalue weighted by Gasteiger charge is -2.09. The van der Waals surface area contributed by atoms with Crippen molar-refractivity contribution in [1.82, 2.24) is 0 Å². The minimum Gasteiger partial charge on any atom is -0.0985 e. The summed E-state index contributed by atoms with van der Waals surface area (Å²) in [6.45, 7) is 8.40. The van der Waals surface area contributed by atoms with Crippen LogP contribution in [0.25, 0.3) is 6.08 Å². The van der Waals surface area contributed by atoms with Gasteiger partial charge in [0.15, 0.2) is 0 Å². The molecule has 0 radical (unpaired) electrons. The maximum Gasteiger partial charge on any atom is 0.0412 e. The van der Waals surface area contributed by atoms with E-state index in [0.29, 0.717) is 0 Å². The zero-order chi connectivity index (χ0) is 12.0. The highest BCUT2D eigenvalue weighted by Crippen LogP contribution is 2.20. The van der Waals surface area contributed by atoms with Crippen LogP contribution < -0.4 is 0 Å². The molecule has 0 heterocycles. The molecule has 1 aromatic carbocycles. The normalized spacial score (nSPS) is 12.4. The third kappa shape index (κ3) is 4.02. The van der Waals surface area contributed by atoms with E-state index in [2.05, 4.69) is 26.5 Å². The molecule has 1 atom stereocenters. The molecule has 0 amide bonds. The molecular weight excluding hydrogens is 216 g/mol. The molecule has 1 rings (SSSR count). The maximum atomic E-state index is 5.95. The molecule has 0 aliphatic rings. The number of aryl methyl sites for hydroxylation is 1. The van der Waals surface area contributed by atoms with Gasteiger partial charge in [-0.3, -0.25) is 0 Å². The fourth-order valence-electron chi connectivity index (χ4n) is 1.83. The van der Waals surface area contributed by atoms with Crippen molar-refractivity contribution in [3.05, 3.63) is 40.9 Å². The fourth-order valence-corrected chi connectivity index (χ4v) is 2.01. The number of hydrogen-bond acceptors (Lipinski definition) is 0. The third-order valence-electron chi connectivity index (χ3n) is 3.17. The van der Waals surface area contributed by atoms with E-state index in [1.54, 1.807) is 0 Å². The Kier molecular flexibility index (Phi) is 5.62. The van der Waals surface area contributed by atoms with Crippen molar-refractivity contribution >= 4 is 17.7 Å². The Hall–Kier alpha value is -0.750. The van der Waals surface area contributed by atoms with Crippen molar-refractivity contribution in [3.8, 4) is 0 Å². The predicted octanol–water partition coefficient (Wildman–Crippen LogP) is 5.35. The number of rotatable bonds is 6. The summed E-state index contributed by atoms with van der Waals surface area (Å²) in [4.78, 5) is 0. The van der Waals surface area contributed by atoms with Crippen LogP contribution in [0.2, 0.25) is 5.02 Å². The quantitative estimate of drug-likeness (QED) is 0.625. The van der Waals surface area contributed by atoms with Gasteiger partial charge in [0.1, 0.15) is 0 Å². The molecule has 0 unspecified atom stereocenters. The van der Waals surface area contributed by atoms with Crippen LogP contribution >= 0.6 is 11.6 Å². The highest BCUT2D eigenvalue weighted by Gasteiger charge is 2.03. The summed E-state index contributed by atoms with van der Waals surface area (Å²) in [5.74, 6) is 0.833. The van der Waals surface area contributed by atoms with E-state index in [4.69, 9.17) is 11.6 Å². The zero-order valence-electron chi connectivity index (χ0n) is 10.3. The molecule has 0 N–H and O–H groups in total. The molecule has 0 fully saturated rings. The zero-order valence-corrected chi connectivity index (χ0v) is 11.1. The van der Waals surface area contributed by atoms with Crippen LogP contribution in [0, 0.1) is 5.92 Å². The topological polar surface area (TPSA) is 0 Å². The Balaban J connectivity index is 2.56. The van der Waals surface area contributed by atoms with Crippen LogP contribution in [0.15, 0.2) is 24.8 Å². The standard InChI is InChI=1S/C15H21Cl/c1-4-12(3)7-6-8-14-9-10-15(16)11-13(14)5-2/h5,9-12H,2,4,6-8H2,1,3H3/t12-/m0/s1. The first-order chi connectivity index (χ1) is 7.67. The van der Waals surface area contributed by atoms with Crippen LogP contribution in [-0.2, 0) is 6.42 Å². The molecule has 0 bridgehead atoms.